The van der Waals surface area contributed by atoms with Crippen LogP contribution in [0.2, 0.25) is 0 Å². The second kappa shape index (κ2) is 20.8. The lowest BCUT2D eigenvalue weighted by atomic mass is 9.84. The molecule has 364 valence electrons. The number of aryl methyl sites for hydroxylation is 1. The molecule has 5 aromatic rings. The molecule has 0 saturated carbocycles. The minimum Gasteiger partial charge on any atom is -0.464 e. The van der Waals surface area contributed by atoms with E-state index in [2.05, 4.69) is 54.3 Å². The Morgan fingerprint density at radius 1 is 1.01 bits per heavy atom. The van der Waals surface area contributed by atoms with E-state index >= 15 is 4.39 Å². The second-order valence-corrected chi connectivity index (χ2v) is 19.7. The standard InChI is InChI=1S/C55H65FN6O7/c1-9-61-46-20-19-38-29-42(46)43(49(61)41-17-13-22-57-47(41)34(4)67-8)30-55(5,6)32-69-54(66)44-18-14-23-62(59-44)52(64)45(28-35-25-36(31-56)27-39(38)26-35)58-51(63)48(33(2)3)60(7)53(65)50-40(21-24-68-50)37-15-11-10-12-16-37/h10-13,15-17,19-22,25-27,29,33-34,44-45,48,50,59H,9,14,18,23-24,28,30-32H2,1-8H3,(H,58,63)/t34-,44-,45-,48?,50+/m0/s1. The number of fused-ring (bicyclic) bond motifs is 6. The van der Waals surface area contributed by atoms with Crippen molar-refractivity contribution in [1.29, 1.82) is 0 Å². The Hall–Kier alpha value is -6.22. The number of nitrogens with zero attached hydrogens (tertiary/aromatic N) is 4. The number of ether oxygens (including phenoxy) is 3. The van der Waals surface area contributed by atoms with Gasteiger partial charge in [0, 0.05) is 61.7 Å². The third kappa shape index (κ3) is 10.2. The number of carbonyl (C=O) groups is 4. The number of aromatic nitrogens is 2. The number of likely N-dealkylation sites (N-methyl/N-ethyl adjacent to an activating group) is 1. The van der Waals surface area contributed by atoms with Gasteiger partial charge in [0.2, 0.25) is 5.91 Å². The number of cyclic esters (lactones) is 1. The van der Waals surface area contributed by atoms with E-state index < -0.39 is 54.1 Å². The lowest BCUT2D eigenvalue weighted by Gasteiger charge is -2.37. The normalized spacial score (nSPS) is 20.5. The molecular weight excluding hydrogens is 876 g/mol. The van der Waals surface area contributed by atoms with Crippen molar-refractivity contribution < 1.29 is 37.8 Å². The molecule has 5 atom stereocenters. The summed E-state index contributed by atoms with van der Waals surface area (Å²) in [5.41, 5.74) is 11.6. The maximum absolute atomic E-state index is 15.0. The highest BCUT2D eigenvalue weighted by Gasteiger charge is 2.40. The number of hydrogen-bond acceptors (Lipinski definition) is 9. The van der Waals surface area contributed by atoms with Crippen LogP contribution < -0.4 is 10.7 Å². The van der Waals surface area contributed by atoms with Crippen molar-refractivity contribution >= 4 is 40.2 Å². The molecule has 2 N–H and O–H groups in total. The fourth-order valence-electron chi connectivity index (χ4n) is 10.3. The average molecular weight is 941 g/mol. The number of benzene rings is 3. The summed E-state index contributed by atoms with van der Waals surface area (Å²) >= 11 is 0. The van der Waals surface area contributed by atoms with E-state index in [9.17, 15) is 19.2 Å². The van der Waals surface area contributed by atoms with Crippen LogP contribution in [-0.2, 0) is 59.4 Å². The Labute approximate surface area is 404 Å². The molecule has 3 amide bonds. The summed E-state index contributed by atoms with van der Waals surface area (Å²) < 4.78 is 35.2. The minimum absolute atomic E-state index is 0.00662. The zero-order valence-corrected chi connectivity index (χ0v) is 41.0. The number of halogens is 1. The van der Waals surface area contributed by atoms with E-state index in [4.69, 9.17) is 19.2 Å². The molecule has 3 aliphatic heterocycles. The van der Waals surface area contributed by atoms with Gasteiger partial charge >= 0.3 is 5.97 Å². The van der Waals surface area contributed by atoms with Gasteiger partial charge in [-0.2, -0.15) is 0 Å². The average Bonchev–Trinajstić information content (AvgIpc) is 3.97. The number of pyridine rings is 1. The van der Waals surface area contributed by atoms with E-state index in [1.54, 1.807) is 26.4 Å². The Kier molecular flexibility index (Phi) is 14.8. The lowest BCUT2D eigenvalue weighted by Crippen LogP contribution is -2.62. The van der Waals surface area contributed by atoms with Crippen LogP contribution in [0.3, 0.4) is 0 Å². The number of alkyl halides is 1. The van der Waals surface area contributed by atoms with Gasteiger partial charge in [-0.05, 0) is 108 Å². The third-order valence-electron chi connectivity index (χ3n) is 13.8. The lowest BCUT2D eigenvalue weighted by molar-refractivity contribution is -0.155. The van der Waals surface area contributed by atoms with Crippen LogP contribution in [0.4, 0.5) is 4.39 Å². The number of hydrogen-bond donors (Lipinski definition) is 2. The van der Waals surface area contributed by atoms with Crippen LogP contribution in [0.1, 0.15) is 88.4 Å². The van der Waals surface area contributed by atoms with Gasteiger partial charge in [0.15, 0.2) is 6.10 Å². The van der Waals surface area contributed by atoms with Gasteiger partial charge in [0.05, 0.1) is 30.7 Å². The summed E-state index contributed by atoms with van der Waals surface area (Å²) in [6.07, 6.45) is 3.92. The molecule has 1 fully saturated rings. The maximum atomic E-state index is 15.0. The highest BCUT2D eigenvalue weighted by Crippen LogP contribution is 2.42. The van der Waals surface area contributed by atoms with Crippen LogP contribution in [0.25, 0.3) is 38.9 Å². The van der Waals surface area contributed by atoms with Crippen LogP contribution in [0.5, 0.6) is 0 Å². The molecule has 8 rings (SSSR count). The van der Waals surface area contributed by atoms with Crippen LogP contribution in [0, 0.1) is 11.3 Å². The van der Waals surface area contributed by atoms with Gasteiger partial charge in [-0.25, -0.2) is 9.82 Å². The molecular formula is C55H65FN6O7. The predicted molar refractivity (Wildman–Crippen MR) is 264 cm³/mol. The van der Waals surface area contributed by atoms with Crippen LogP contribution in [-0.4, -0.2) is 101 Å². The SMILES string of the molecule is CCn1c(-c2cccnc2[C@H](C)OC)c2c3cc(ccc31)-c1cc(CF)cc(c1)C[C@H](NC(=O)C(C(C)C)N(C)C(=O)[C@@H]1OCC=C1c1ccccc1)C(=O)N1CCC[C@H](N1)C(=O)OCC(C)(C)C2. The first-order valence-corrected chi connectivity index (χ1v) is 24.1. The molecule has 3 aromatic carbocycles. The van der Waals surface area contributed by atoms with E-state index in [1.165, 1.54) is 9.91 Å². The van der Waals surface area contributed by atoms with Crippen LogP contribution in [0.15, 0.2) is 91.1 Å². The quantitative estimate of drug-likeness (QED) is 0.125. The molecule has 14 heteroatoms. The fraction of sp³-hybridized carbons (Fsp3) is 0.436. The Bertz CT molecular complexity index is 2750. The van der Waals surface area contributed by atoms with Crippen LogP contribution >= 0.6 is 0 Å². The predicted octanol–water partition coefficient (Wildman–Crippen LogP) is 8.18. The Balaban J connectivity index is 1.21. The van der Waals surface area contributed by atoms with E-state index in [0.29, 0.717) is 36.9 Å². The van der Waals surface area contributed by atoms with Crippen molar-refractivity contribution in [2.24, 2.45) is 11.3 Å². The van der Waals surface area contributed by atoms with Crippen molar-refractivity contribution in [2.75, 3.05) is 33.9 Å². The highest BCUT2D eigenvalue weighted by atomic mass is 19.1. The monoisotopic (exact) mass is 940 g/mol. The topological polar surface area (TPSA) is 144 Å². The number of esters is 1. The van der Waals surface area contributed by atoms with E-state index in [-0.39, 0.29) is 44.1 Å². The molecule has 2 aromatic heterocycles. The molecule has 13 nitrogen and oxygen atoms in total. The second-order valence-electron chi connectivity index (χ2n) is 19.7. The number of nitrogens with one attached hydrogen (secondary N) is 2. The molecule has 5 heterocycles. The van der Waals surface area contributed by atoms with Gasteiger partial charge in [-0.1, -0.05) is 82.3 Å². The summed E-state index contributed by atoms with van der Waals surface area (Å²) in [5, 5.41) is 5.42. The first-order valence-electron chi connectivity index (χ1n) is 24.1. The van der Waals surface area contributed by atoms with Crippen molar-refractivity contribution in [3.8, 4) is 22.4 Å². The van der Waals surface area contributed by atoms with Crippen molar-refractivity contribution in [3.63, 3.8) is 0 Å². The first kappa shape index (κ1) is 49.2. The third-order valence-corrected chi connectivity index (χ3v) is 13.8. The molecule has 3 aliphatic rings. The number of rotatable bonds is 11. The minimum atomic E-state index is -1.18. The number of amides is 3. The summed E-state index contributed by atoms with van der Waals surface area (Å²) in [6, 6.07) is 22.3. The Morgan fingerprint density at radius 2 is 1.80 bits per heavy atom. The zero-order chi connectivity index (χ0) is 49.1. The van der Waals surface area contributed by atoms with E-state index in [0.717, 1.165) is 55.7 Å². The largest absolute Gasteiger partial charge is 0.464 e. The highest BCUT2D eigenvalue weighted by molar-refractivity contribution is 5.99. The fourth-order valence-corrected chi connectivity index (χ4v) is 10.3. The summed E-state index contributed by atoms with van der Waals surface area (Å²) in [4.78, 5) is 64.0. The zero-order valence-electron chi connectivity index (χ0n) is 41.0. The molecule has 69 heavy (non-hydrogen) atoms. The van der Waals surface area contributed by atoms with Gasteiger partial charge in [0.25, 0.3) is 11.8 Å². The number of methoxy groups -OCH3 is 1. The Morgan fingerprint density at radius 3 is 2.52 bits per heavy atom. The van der Waals surface area contributed by atoms with Gasteiger partial charge < -0.3 is 29.0 Å². The number of hydrazine groups is 1. The molecule has 1 saturated heterocycles. The summed E-state index contributed by atoms with van der Waals surface area (Å²) in [6.45, 7) is 12.5. The molecule has 0 radical (unpaired) electrons. The smallest absolute Gasteiger partial charge is 0.324 e. The van der Waals surface area contributed by atoms with Crippen molar-refractivity contribution in [1.82, 2.24) is 30.2 Å². The molecule has 0 spiro atoms. The van der Waals surface area contributed by atoms with Gasteiger partial charge in [0.1, 0.15) is 24.8 Å². The molecule has 1 unspecified atom stereocenters. The van der Waals surface area contributed by atoms with Crippen molar-refractivity contribution in [2.45, 2.75) is 111 Å². The van der Waals surface area contributed by atoms with Gasteiger partial charge in [-0.3, -0.25) is 29.2 Å². The summed E-state index contributed by atoms with van der Waals surface area (Å²) in [7, 11) is 3.25. The molecule has 0 aliphatic carbocycles. The summed E-state index contributed by atoms with van der Waals surface area (Å²) in [5.74, 6) is -2.25. The van der Waals surface area contributed by atoms with E-state index in [1.807, 2.05) is 81.4 Å². The van der Waals surface area contributed by atoms with Crippen molar-refractivity contribution in [3.05, 3.63) is 119 Å². The maximum Gasteiger partial charge on any atom is 0.324 e. The first-order chi connectivity index (χ1) is 33.1. The number of carbonyl (C=O) groups excluding carboxylic acids is 4. The molecule has 6 bridgehead atoms. The van der Waals surface area contributed by atoms with Gasteiger partial charge in [-0.15, -0.1) is 0 Å².